The van der Waals surface area contributed by atoms with Gasteiger partial charge in [0.25, 0.3) is 0 Å². The van der Waals surface area contributed by atoms with Crippen molar-refractivity contribution in [1.82, 2.24) is 0 Å². The number of hydrogen-bond donors (Lipinski definition) is 1. The second kappa shape index (κ2) is 2.65. The van der Waals surface area contributed by atoms with Crippen molar-refractivity contribution in [2.75, 3.05) is 0 Å². The van der Waals surface area contributed by atoms with E-state index in [-0.39, 0.29) is 0 Å². The molecule has 46 valence electrons. The zero-order valence-electron chi connectivity index (χ0n) is 5.39. The van der Waals surface area contributed by atoms with Crippen LogP contribution < -0.4 is 5.73 Å². The van der Waals surface area contributed by atoms with Crippen LogP contribution in [0.4, 0.5) is 0 Å². The first kappa shape index (κ1) is 6.30. The molecule has 1 aromatic rings. The Kier molecular flexibility index (Phi) is 1.85. The van der Waals surface area contributed by atoms with Crippen molar-refractivity contribution in [3.63, 3.8) is 0 Å². The van der Waals surface area contributed by atoms with Crippen LogP contribution in [0.3, 0.4) is 0 Å². The summed E-state index contributed by atoms with van der Waals surface area (Å²) in [6.45, 7) is 4.60. The summed E-state index contributed by atoms with van der Waals surface area (Å²) in [5.74, 6) is 0. The molecule has 0 amide bonds. The van der Waals surface area contributed by atoms with Crippen molar-refractivity contribution < 1.29 is 0 Å². The predicted octanol–water partition coefficient (Wildman–Crippen LogP) is 1.34. The molecule has 9 heavy (non-hydrogen) atoms. The van der Waals surface area contributed by atoms with Gasteiger partial charge in [-0.05, 0) is 18.1 Å². The summed E-state index contributed by atoms with van der Waals surface area (Å²) in [4.78, 5) is 0. The molecule has 0 spiro atoms. The van der Waals surface area contributed by atoms with E-state index in [9.17, 15) is 0 Å². The van der Waals surface area contributed by atoms with Gasteiger partial charge in [-0.25, -0.2) is 0 Å². The molecule has 0 atom stereocenters. The number of nitrogens with two attached hydrogens (primary N) is 1. The topological polar surface area (TPSA) is 26.0 Å². The lowest BCUT2D eigenvalue weighted by Crippen LogP contribution is -1.94. The third-order valence-corrected chi connectivity index (χ3v) is 1.30. The van der Waals surface area contributed by atoms with Gasteiger partial charge in [0.15, 0.2) is 0 Å². The fraction of sp³-hybridized carbons (Fsp3) is 0.125. The summed E-state index contributed by atoms with van der Waals surface area (Å²) in [6.07, 6.45) is 0. The molecule has 1 heteroatoms. The Bertz CT molecular complexity index is 194. The Morgan fingerprint density at radius 3 is 2.44 bits per heavy atom. The van der Waals surface area contributed by atoms with Gasteiger partial charge in [-0.3, -0.25) is 0 Å². The zero-order chi connectivity index (χ0) is 6.69. The molecule has 0 saturated heterocycles. The quantitative estimate of drug-likeness (QED) is 0.555. The first-order valence-corrected chi connectivity index (χ1v) is 2.87. The summed E-state index contributed by atoms with van der Waals surface area (Å²) < 4.78 is 0. The van der Waals surface area contributed by atoms with Crippen molar-refractivity contribution in [2.45, 2.75) is 6.92 Å². The van der Waals surface area contributed by atoms with Gasteiger partial charge in [0.1, 0.15) is 0 Å². The smallest absolute Gasteiger partial charge is 0.0907 e. The van der Waals surface area contributed by atoms with Crippen molar-refractivity contribution in [3.05, 3.63) is 41.9 Å². The van der Waals surface area contributed by atoms with E-state index in [0.717, 1.165) is 5.56 Å². The van der Waals surface area contributed by atoms with Gasteiger partial charge in [-0.1, -0.05) is 24.3 Å². The van der Waals surface area contributed by atoms with Crippen LogP contribution in [-0.2, 0) is 0 Å². The largest absolute Gasteiger partial charge is 0.318 e. The second-order valence-corrected chi connectivity index (χ2v) is 1.96. The van der Waals surface area contributed by atoms with E-state index >= 15 is 0 Å². The van der Waals surface area contributed by atoms with Gasteiger partial charge in [-0.2, -0.15) is 0 Å². The van der Waals surface area contributed by atoms with Crippen LogP contribution >= 0.6 is 0 Å². The van der Waals surface area contributed by atoms with E-state index in [2.05, 4.69) is 6.54 Å². The van der Waals surface area contributed by atoms with Crippen LogP contribution in [0, 0.1) is 13.5 Å². The molecule has 0 aliphatic heterocycles. The van der Waals surface area contributed by atoms with Crippen LogP contribution in [0.15, 0.2) is 24.3 Å². The zero-order valence-corrected chi connectivity index (χ0v) is 5.39. The molecule has 0 fully saturated rings. The average Bonchev–Trinajstić information content (AvgIpc) is 1.89. The third-order valence-electron chi connectivity index (χ3n) is 1.30. The van der Waals surface area contributed by atoms with E-state index in [4.69, 9.17) is 5.73 Å². The Morgan fingerprint density at radius 1 is 1.33 bits per heavy atom. The number of hydrogen-bond acceptors (Lipinski definition) is 1. The SMILES string of the molecule is Cc1ccccc1[C]N. The second-order valence-electron chi connectivity index (χ2n) is 1.96. The summed E-state index contributed by atoms with van der Waals surface area (Å²) in [6, 6.07) is 7.88. The average molecular weight is 119 g/mol. The molecule has 0 saturated carbocycles. The minimum absolute atomic E-state index is 0.984. The summed E-state index contributed by atoms with van der Waals surface area (Å²) in [5.41, 5.74) is 7.35. The van der Waals surface area contributed by atoms with Gasteiger partial charge in [-0.15, -0.1) is 0 Å². The van der Waals surface area contributed by atoms with Gasteiger partial charge in [0, 0.05) is 0 Å². The van der Waals surface area contributed by atoms with E-state index in [0.29, 0.717) is 0 Å². The fourth-order valence-electron chi connectivity index (χ4n) is 0.735. The van der Waals surface area contributed by atoms with Gasteiger partial charge in [0.05, 0.1) is 6.54 Å². The maximum Gasteiger partial charge on any atom is 0.0907 e. The molecule has 0 aliphatic carbocycles. The monoisotopic (exact) mass is 119 g/mol. The van der Waals surface area contributed by atoms with E-state index in [1.807, 2.05) is 31.2 Å². The van der Waals surface area contributed by atoms with Crippen molar-refractivity contribution in [3.8, 4) is 0 Å². The highest BCUT2D eigenvalue weighted by molar-refractivity contribution is 5.30. The normalized spacial score (nSPS) is 9.56. The fourth-order valence-corrected chi connectivity index (χ4v) is 0.735. The summed E-state index contributed by atoms with van der Waals surface area (Å²) in [5, 5.41) is 0. The Hall–Kier alpha value is -0.820. The van der Waals surface area contributed by atoms with Crippen LogP contribution in [0.25, 0.3) is 0 Å². The minimum Gasteiger partial charge on any atom is -0.318 e. The van der Waals surface area contributed by atoms with Crippen LogP contribution in [0.2, 0.25) is 0 Å². The molecule has 2 radical (unpaired) electrons. The van der Waals surface area contributed by atoms with Gasteiger partial charge >= 0.3 is 0 Å². The highest BCUT2D eigenvalue weighted by atomic mass is 14.5. The standard InChI is InChI=1S/C8H9N/c1-7-4-2-3-5-8(7)6-9/h2-5H,9H2,1H3. The van der Waals surface area contributed by atoms with Crippen LogP contribution in [-0.4, -0.2) is 0 Å². The number of rotatable bonds is 1. The molecule has 1 nitrogen and oxygen atoms in total. The lowest BCUT2D eigenvalue weighted by atomic mass is 10.1. The van der Waals surface area contributed by atoms with Crippen LogP contribution in [0.5, 0.6) is 0 Å². The molecule has 1 aromatic carbocycles. The molecule has 1 rings (SSSR count). The molecule has 0 bridgehead atoms. The molecule has 0 aliphatic rings. The summed E-state index contributed by atoms with van der Waals surface area (Å²) >= 11 is 0. The van der Waals surface area contributed by atoms with Gasteiger partial charge in [0.2, 0.25) is 0 Å². The van der Waals surface area contributed by atoms with E-state index < -0.39 is 0 Å². The van der Waals surface area contributed by atoms with Gasteiger partial charge < -0.3 is 5.73 Å². The molecule has 0 heterocycles. The molecular weight excluding hydrogens is 110 g/mol. The molecular formula is C8H9N. The Labute approximate surface area is 55.5 Å². The first-order chi connectivity index (χ1) is 4.34. The predicted molar refractivity (Wildman–Crippen MR) is 37.7 cm³/mol. The van der Waals surface area contributed by atoms with Crippen molar-refractivity contribution in [2.24, 2.45) is 5.73 Å². The number of aryl methyl sites for hydroxylation is 1. The van der Waals surface area contributed by atoms with Crippen LogP contribution in [0.1, 0.15) is 11.1 Å². The molecule has 0 aromatic heterocycles. The molecule has 0 unspecified atom stereocenters. The lowest BCUT2D eigenvalue weighted by Gasteiger charge is -1.97. The van der Waals surface area contributed by atoms with Crippen molar-refractivity contribution >= 4 is 0 Å². The molecule has 2 N–H and O–H groups in total. The Balaban J connectivity index is 3.01. The minimum atomic E-state index is 0.984. The van der Waals surface area contributed by atoms with E-state index in [1.54, 1.807) is 0 Å². The Morgan fingerprint density at radius 2 is 2.00 bits per heavy atom. The van der Waals surface area contributed by atoms with Crippen molar-refractivity contribution in [1.29, 1.82) is 0 Å². The lowest BCUT2D eigenvalue weighted by molar-refractivity contribution is 1.29. The number of benzene rings is 1. The summed E-state index contributed by atoms with van der Waals surface area (Å²) in [7, 11) is 0. The third kappa shape index (κ3) is 1.30. The van der Waals surface area contributed by atoms with E-state index in [1.165, 1.54) is 5.56 Å². The first-order valence-electron chi connectivity index (χ1n) is 2.87. The highest BCUT2D eigenvalue weighted by Crippen LogP contribution is 2.05. The highest BCUT2D eigenvalue weighted by Gasteiger charge is 1.91. The maximum atomic E-state index is 5.20. The maximum absolute atomic E-state index is 5.20.